The second-order valence-corrected chi connectivity index (χ2v) is 4.84. The summed E-state index contributed by atoms with van der Waals surface area (Å²) in [5, 5.41) is 18.6. The van der Waals surface area contributed by atoms with Crippen LogP contribution in [0.15, 0.2) is 29.6 Å². The standard InChI is InChI=1S/C10H14N4OS/c1-10(15,6-11)7-16-9-13-12-8-4-2-3-5-14(8)9/h2-5,15H,6-7,11H2,1H3. The van der Waals surface area contributed by atoms with Crippen molar-refractivity contribution in [3.63, 3.8) is 0 Å². The highest BCUT2D eigenvalue weighted by atomic mass is 32.2. The third-order valence-corrected chi connectivity index (χ3v) is 3.54. The topological polar surface area (TPSA) is 76.4 Å². The molecule has 1 unspecified atom stereocenters. The lowest BCUT2D eigenvalue weighted by Crippen LogP contribution is -2.36. The van der Waals surface area contributed by atoms with Crippen molar-refractivity contribution in [2.75, 3.05) is 12.3 Å². The van der Waals surface area contributed by atoms with Gasteiger partial charge in [-0.2, -0.15) is 0 Å². The Balaban J connectivity index is 2.16. The molecule has 6 heteroatoms. The van der Waals surface area contributed by atoms with Gasteiger partial charge in [0.1, 0.15) is 0 Å². The maximum absolute atomic E-state index is 9.79. The van der Waals surface area contributed by atoms with Crippen LogP contribution in [0.3, 0.4) is 0 Å². The Morgan fingerprint density at radius 2 is 2.31 bits per heavy atom. The molecule has 86 valence electrons. The van der Waals surface area contributed by atoms with Gasteiger partial charge in [-0.3, -0.25) is 4.40 Å². The maximum atomic E-state index is 9.79. The zero-order chi connectivity index (χ0) is 11.6. The van der Waals surface area contributed by atoms with Crippen molar-refractivity contribution in [2.24, 2.45) is 5.73 Å². The van der Waals surface area contributed by atoms with E-state index in [0.29, 0.717) is 5.75 Å². The molecule has 0 aliphatic rings. The molecule has 0 spiro atoms. The van der Waals surface area contributed by atoms with Crippen LogP contribution < -0.4 is 5.73 Å². The van der Waals surface area contributed by atoms with Crippen molar-refractivity contribution in [2.45, 2.75) is 17.7 Å². The molecule has 0 radical (unpaired) electrons. The van der Waals surface area contributed by atoms with Gasteiger partial charge in [0.25, 0.3) is 0 Å². The Morgan fingerprint density at radius 3 is 3.06 bits per heavy atom. The fourth-order valence-electron chi connectivity index (χ4n) is 1.20. The summed E-state index contributed by atoms with van der Waals surface area (Å²) in [7, 11) is 0. The number of nitrogens with zero attached hydrogens (tertiary/aromatic N) is 3. The van der Waals surface area contributed by atoms with Gasteiger partial charge >= 0.3 is 0 Å². The molecule has 0 saturated heterocycles. The van der Waals surface area contributed by atoms with Crippen LogP contribution in [0, 0.1) is 0 Å². The molecule has 2 heterocycles. The van der Waals surface area contributed by atoms with Crippen LogP contribution in [0.4, 0.5) is 0 Å². The van der Waals surface area contributed by atoms with Gasteiger partial charge in [0.2, 0.25) is 0 Å². The van der Waals surface area contributed by atoms with Crippen LogP contribution in [0.25, 0.3) is 5.65 Å². The molecule has 0 amide bonds. The molecule has 5 nitrogen and oxygen atoms in total. The molecule has 3 N–H and O–H groups in total. The summed E-state index contributed by atoms with van der Waals surface area (Å²) in [4.78, 5) is 0. The Bertz CT molecular complexity index is 482. The average Bonchev–Trinajstić information content (AvgIpc) is 2.70. The minimum atomic E-state index is -0.870. The molecule has 0 fully saturated rings. The van der Waals surface area contributed by atoms with Gasteiger partial charge in [0, 0.05) is 18.5 Å². The molecule has 16 heavy (non-hydrogen) atoms. The van der Waals surface area contributed by atoms with Gasteiger partial charge in [0.15, 0.2) is 10.8 Å². The summed E-state index contributed by atoms with van der Waals surface area (Å²) in [6.45, 7) is 1.94. The zero-order valence-electron chi connectivity index (χ0n) is 9.00. The average molecular weight is 238 g/mol. The monoisotopic (exact) mass is 238 g/mol. The Hall–Kier alpha value is -1.11. The zero-order valence-corrected chi connectivity index (χ0v) is 9.81. The molecule has 0 aliphatic heterocycles. The van der Waals surface area contributed by atoms with E-state index in [2.05, 4.69) is 10.2 Å². The number of aromatic nitrogens is 3. The smallest absolute Gasteiger partial charge is 0.195 e. The molecule has 1 atom stereocenters. The number of aliphatic hydroxyl groups is 1. The first kappa shape index (κ1) is 11.4. The largest absolute Gasteiger partial charge is 0.388 e. The van der Waals surface area contributed by atoms with E-state index in [0.717, 1.165) is 10.8 Å². The molecule has 0 bridgehead atoms. The SMILES string of the molecule is CC(O)(CN)CSc1nnc2ccccn12. The van der Waals surface area contributed by atoms with Crippen molar-refractivity contribution in [1.82, 2.24) is 14.6 Å². The lowest BCUT2D eigenvalue weighted by molar-refractivity contribution is 0.0949. The third kappa shape index (κ3) is 2.34. The van der Waals surface area contributed by atoms with Gasteiger partial charge < -0.3 is 10.8 Å². The highest BCUT2D eigenvalue weighted by Crippen LogP contribution is 2.20. The van der Waals surface area contributed by atoms with Crippen molar-refractivity contribution in [3.8, 4) is 0 Å². The van der Waals surface area contributed by atoms with Gasteiger partial charge in [-0.1, -0.05) is 17.8 Å². The minimum Gasteiger partial charge on any atom is -0.388 e. The number of thioether (sulfide) groups is 1. The normalized spacial score (nSPS) is 15.2. The van der Waals surface area contributed by atoms with Gasteiger partial charge in [0.05, 0.1) is 5.60 Å². The Kier molecular flexibility index (Phi) is 3.13. The molecule has 2 aromatic rings. The van der Waals surface area contributed by atoms with E-state index in [-0.39, 0.29) is 6.54 Å². The van der Waals surface area contributed by atoms with Gasteiger partial charge in [-0.05, 0) is 19.1 Å². The Morgan fingerprint density at radius 1 is 1.50 bits per heavy atom. The summed E-state index contributed by atoms with van der Waals surface area (Å²) >= 11 is 1.45. The summed E-state index contributed by atoms with van der Waals surface area (Å²) < 4.78 is 1.89. The van der Waals surface area contributed by atoms with Crippen LogP contribution in [-0.4, -0.2) is 37.6 Å². The van der Waals surface area contributed by atoms with E-state index >= 15 is 0 Å². The molecule has 0 aromatic carbocycles. The summed E-state index contributed by atoms with van der Waals surface area (Å²) in [6.07, 6.45) is 1.90. The van der Waals surface area contributed by atoms with E-state index in [9.17, 15) is 5.11 Å². The van der Waals surface area contributed by atoms with Crippen LogP contribution in [0.2, 0.25) is 0 Å². The summed E-state index contributed by atoms with van der Waals surface area (Å²) in [5.41, 5.74) is 5.39. The fraction of sp³-hybridized carbons (Fsp3) is 0.400. The number of hydrogen-bond acceptors (Lipinski definition) is 5. The van der Waals surface area contributed by atoms with Crippen LogP contribution in [0.1, 0.15) is 6.92 Å². The predicted molar refractivity (Wildman–Crippen MR) is 63.4 cm³/mol. The summed E-state index contributed by atoms with van der Waals surface area (Å²) in [6, 6.07) is 5.72. The lowest BCUT2D eigenvalue weighted by Gasteiger charge is -2.19. The van der Waals surface area contributed by atoms with Crippen molar-refractivity contribution in [3.05, 3.63) is 24.4 Å². The summed E-state index contributed by atoms with van der Waals surface area (Å²) in [5.74, 6) is 0.499. The van der Waals surface area contributed by atoms with Crippen LogP contribution in [-0.2, 0) is 0 Å². The number of fused-ring (bicyclic) bond motifs is 1. The number of nitrogens with two attached hydrogens (primary N) is 1. The van der Waals surface area contributed by atoms with E-state index in [1.807, 2.05) is 28.8 Å². The van der Waals surface area contributed by atoms with Crippen LogP contribution in [0.5, 0.6) is 0 Å². The molecule has 2 rings (SSSR count). The number of rotatable bonds is 4. The van der Waals surface area contributed by atoms with Crippen molar-refractivity contribution >= 4 is 17.4 Å². The maximum Gasteiger partial charge on any atom is 0.195 e. The molecule has 2 aromatic heterocycles. The first-order valence-corrected chi connectivity index (χ1v) is 5.96. The van der Waals surface area contributed by atoms with E-state index in [1.165, 1.54) is 11.8 Å². The van der Waals surface area contributed by atoms with Crippen LogP contribution >= 0.6 is 11.8 Å². The molecular formula is C10H14N4OS. The van der Waals surface area contributed by atoms with E-state index in [4.69, 9.17) is 5.73 Å². The van der Waals surface area contributed by atoms with E-state index in [1.54, 1.807) is 6.92 Å². The fourth-order valence-corrected chi connectivity index (χ4v) is 2.15. The Labute approximate surface area is 97.7 Å². The molecule has 0 aliphatic carbocycles. The first-order valence-electron chi connectivity index (χ1n) is 4.97. The molecular weight excluding hydrogens is 224 g/mol. The number of hydrogen-bond donors (Lipinski definition) is 2. The first-order chi connectivity index (χ1) is 7.62. The minimum absolute atomic E-state index is 0.233. The highest BCUT2D eigenvalue weighted by molar-refractivity contribution is 7.99. The predicted octanol–water partition coefficient (Wildman–Crippen LogP) is 0.531. The van der Waals surface area contributed by atoms with Crippen molar-refractivity contribution < 1.29 is 5.11 Å². The third-order valence-electron chi connectivity index (χ3n) is 2.23. The second-order valence-electron chi connectivity index (χ2n) is 3.90. The van der Waals surface area contributed by atoms with Gasteiger partial charge in [-0.25, -0.2) is 0 Å². The van der Waals surface area contributed by atoms with E-state index < -0.39 is 5.60 Å². The number of pyridine rings is 1. The lowest BCUT2D eigenvalue weighted by atomic mass is 10.1. The molecule has 0 saturated carbocycles. The quantitative estimate of drug-likeness (QED) is 0.760. The second kappa shape index (κ2) is 4.40. The highest BCUT2D eigenvalue weighted by Gasteiger charge is 2.19. The van der Waals surface area contributed by atoms with Crippen molar-refractivity contribution in [1.29, 1.82) is 0 Å². The van der Waals surface area contributed by atoms with Gasteiger partial charge in [-0.15, -0.1) is 10.2 Å².